The smallest absolute Gasteiger partial charge is 0.327 e. The number of hydrogen-bond acceptors (Lipinski definition) is 9. The van der Waals surface area contributed by atoms with Crippen molar-refractivity contribution in [2.75, 3.05) is 18.1 Å². The van der Waals surface area contributed by atoms with Gasteiger partial charge >= 0.3 is 13.6 Å². The first-order chi connectivity index (χ1) is 15.3. The van der Waals surface area contributed by atoms with E-state index in [-0.39, 0.29) is 41.8 Å². The number of nitrogens with zero attached hydrogens (tertiary/aromatic N) is 4. The van der Waals surface area contributed by atoms with Crippen LogP contribution in [-0.2, 0) is 13.8 Å². The maximum absolute atomic E-state index is 12.3. The predicted molar refractivity (Wildman–Crippen MR) is 112 cm³/mol. The largest absolute Gasteiger partial charge is 0.387 e. The molecule has 0 radical (unpaired) electrons. The molecule has 2 aliphatic rings. The minimum Gasteiger partial charge on any atom is -0.387 e. The molecule has 1 aliphatic carbocycles. The van der Waals surface area contributed by atoms with E-state index in [1.807, 2.05) is 0 Å². The topological polar surface area (TPSA) is 181 Å². The van der Waals surface area contributed by atoms with E-state index in [2.05, 4.69) is 25.6 Å². The molecule has 32 heavy (non-hydrogen) atoms. The van der Waals surface area contributed by atoms with Crippen molar-refractivity contribution in [1.82, 2.24) is 24.8 Å². The van der Waals surface area contributed by atoms with Crippen LogP contribution in [0.15, 0.2) is 12.7 Å². The van der Waals surface area contributed by atoms with E-state index in [1.165, 1.54) is 24.1 Å². The van der Waals surface area contributed by atoms with Gasteiger partial charge in [-0.3, -0.25) is 14.4 Å². The Hall–Kier alpha value is -2.15. The van der Waals surface area contributed by atoms with E-state index in [0.29, 0.717) is 0 Å². The van der Waals surface area contributed by atoms with Crippen molar-refractivity contribution in [3.05, 3.63) is 12.7 Å². The number of fused-ring (bicyclic) bond motifs is 1. The van der Waals surface area contributed by atoms with Crippen LogP contribution in [0.25, 0.3) is 11.2 Å². The number of anilines is 1. The number of nitrogens with one attached hydrogen (secondary N) is 2. The Bertz CT molecular complexity index is 1010. The highest BCUT2D eigenvalue weighted by Gasteiger charge is 2.45. The van der Waals surface area contributed by atoms with Crippen molar-refractivity contribution in [3.8, 4) is 0 Å². The summed E-state index contributed by atoms with van der Waals surface area (Å²) >= 11 is 0. The van der Waals surface area contributed by atoms with Gasteiger partial charge in [0, 0.05) is 12.2 Å². The molecule has 3 heterocycles. The third-order valence-electron chi connectivity index (χ3n) is 5.73. The number of hydrogen-bond donors (Lipinski definition) is 5. The lowest BCUT2D eigenvalue weighted by atomic mass is 10.1. The van der Waals surface area contributed by atoms with Gasteiger partial charge in [-0.1, -0.05) is 19.8 Å². The molecule has 0 spiro atoms. The highest BCUT2D eigenvalue weighted by molar-refractivity contribution is 7.52. The van der Waals surface area contributed by atoms with E-state index < -0.39 is 32.1 Å². The normalized spacial score (nSPS) is 28.1. The van der Waals surface area contributed by atoms with Gasteiger partial charge < -0.3 is 29.7 Å². The van der Waals surface area contributed by atoms with Crippen LogP contribution in [0.3, 0.4) is 0 Å². The van der Waals surface area contributed by atoms with Crippen LogP contribution in [0.1, 0.15) is 38.8 Å². The van der Waals surface area contributed by atoms with Gasteiger partial charge in [0.05, 0.1) is 12.9 Å². The lowest BCUT2D eigenvalue weighted by Gasteiger charge is -2.17. The van der Waals surface area contributed by atoms with E-state index in [0.717, 1.165) is 25.7 Å². The molecule has 2 amide bonds. The second-order valence-electron chi connectivity index (χ2n) is 7.92. The number of aliphatic hydroxyl groups excluding tert-OH is 2. The number of imidazole rings is 1. The number of aromatic nitrogens is 4. The summed E-state index contributed by atoms with van der Waals surface area (Å²) in [5, 5.41) is 26.4. The molecule has 0 aromatic carbocycles. The molecule has 2 aromatic heterocycles. The Labute approximate surface area is 183 Å². The molecule has 13 nitrogen and oxygen atoms in total. The van der Waals surface area contributed by atoms with Gasteiger partial charge in [0.1, 0.15) is 24.6 Å². The first-order valence-corrected chi connectivity index (χ1v) is 12.3. The average molecular weight is 470 g/mol. The molecule has 4 rings (SSSR count). The highest BCUT2D eigenvalue weighted by Crippen LogP contribution is 2.42. The van der Waals surface area contributed by atoms with Crippen molar-refractivity contribution in [2.24, 2.45) is 0 Å². The van der Waals surface area contributed by atoms with E-state index >= 15 is 0 Å². The summed E-state index contributed by atoms with van der Waals surface area (Å²) in [6.45, 7) is 1.13. The van der Waals surface area contributed by atoms with E-state index in [1.54, 1.807) is 0 Å². The molecule has 176 valence electrons. The van der Waals surface area contributed by atoms with Gasteiger partial charge in [-0.2, -0.15) is 0 Å². The van der Waals surface area contributed by atoms with Crippen molar-refractivity contribution in [2.45, 2.75) is 63.2 Å². The third kappa shape index (κ3) is 4.77. The maximum Gasteiger partial charge on any atom is 0.327 e. The van der Waals surface area contributed by atoms with Crippen LogP contribution >= 0.6 is 7.60 Å². The Morgan fingerprint density at radius 2 is 2.03 bits per heavy atom. The minimum absolute atomic E-state index is 0.0883. The number of rotatable bonds is 7. The zero-order valence-corrected chi connectivity index (χ0v) is 18.4. The van der Waals surface area contributed by atoms with Gasteiger partial charge in [-0.25, -0.2) is 19.7 Å². The summed E-state index contributed by atoms with van der Waals surface area (Å²) in [7, 11) is -3.78. The van der Waals surface area contributed by atoms with Crippen molar-refractivity contribution >= 4 is 30.6 Å². The Morgan fingerprint density at radius 3 is 2.75 bits per heavy atom. The van der Waals surface area contributed by atoms with Gasteiger partial charge in [-0.05, 0) is 12.8 Å². The number of carbonyl (C=O) groups is 1. The Morgan fingerprint density at radius 1 is 1.28 bits per heavy atom. The number of urea groups is 1. The minimum atomic E-state index is -3.78. The molecule has 2 aromatic rings. The summed E-state index contributed by atoms with van der Waals surface area (Å²) in [4.78, 5) is 34.4. The standard InChI is InChI=1S/C18H27N6O7P/c1-2-32(28,29)30-7-11-13(25)14(26)17(31-11)24-9-21-12-15(19-8-20-16(12)24)23-18(27)22-10-5-3-4-6-10/h8-11,13-14,17,25-26H,2-7H2,1H3,(H,28,29)(H2,19,20,22,23,27)/t11-,13?,14+,17-/m1/s1. The highest BCUT2D eigenvalue weighted by atomic mass is 31.2. The third-order valence-corrected chi connectivity index (χ3v) is 7.08. The zero-order chi connectivity index (χ0) is 22.9. The number of aliphatic hydroxyl groups is 2. The Balaban J connectivity index is 1.49. The average Bonchev–Trinajstić information content (AvgIpc) is 3.48. The summed E-state index contributed by atoms with van der Waals surface area (Å²) in [5.41, 5.74) is 0.556. The fourth-order valence-electron chi connectivity index (χ4n) is 3.91. The fraction of sp³-hybridized carbons (Fsp3) is 0.667. The lowest BCUT2D eigenvalue weighted by Crippen LogP contribution is -2.36. The second kappa shape index (κ2) is 9.38. The summed E-state index contributed by atoms with van der Waals surface area (Å²) in [6, 6.07) is -0.255. The quantitative estimate of drug-likeness (QED) is 0.362. The van der Waals surface area contributed by atoms with Crippen molar-refractivity contribution < 1.29 is 33.7 Å². The summed E-state index contributed by atoms with van der Waals surface area (Å²) in [5.74, 6) is 0.196. The SMILES string of the molecule is CCP(=O)(O)OC[C@H]1O[C@@H](n2cnc3c(NC(=O)NC4CCCC4)ncnc32)[C@@H](O)C1O. The van der Waals surface area contributed by atoms with Crippen LogP contribution in [0.2, 0.25) is 0 Å². The van der Waals surface area contributed by atoms with Crippen LogP contribution in [0.5, 0.6) is 0 Å². The molecule has 1 aliphatic heterocycles. The van der Waals surface area contributed by atoms with Crippen molar-refractivity contribution in [3.63, 3.8) is 0 Å². The molecule has 0 bridgehead atoms. The number of ether oxygens (including phenoxy) is 1. The van der Waals surface area contributed by atoms with Gasteiger partial charge in [0.25, 0.3) is 0 Å². The van der Waals surface area contributed by atoms with Crippen LogP contribution < -0.4 is 10.6 Å². The maximum atomic E-state index is 12.3. The molecule has 5 atom stereocenters. The first kappa shape index (κ1) is 23.0. The van der Waals surface area contributed by atoms with E-state index in [4.69, 9.17) is 9.26 Å². The molecule has 1 saturated carbocycles. The predicted octanol–water partition coefficient (Wildman–Crippen LogP) is 0.731. The van der Waals surface area contributed by atoms with E-state index in [9.17, 15) is 24.5 Å². The number of amides is 2. The van der Waals surface area contributed by atoms with Crippen LogP contribution in [-0.4, -0.2) is 77.8 Å². The Kier molecular flexibility index (Phi) is 6.75. The van der Waals surface area contributed by atoms with Crippen molar-refractivity contribution in [1.29, 1.82) is 0 Å². The van der Waals surface area contributed by atoms with Crippen LogP contribution in [0.4, 0.5) is 10.6 Å². The molecule has 5 N–H and O–H groups in total. The molecule has 1 saturated heterocycles. The zero-order valence-electron chi connectivity index (χ0n) is 17.5. The van der Waals surface area contributed by atoms with Gasteiger partial charge in [-0.15, -0.1) is 0 Å². The monoisotopic (exact) mass is 470 g/mol. The molecule has 2 unspecified atom stereocenters. The molecule has 14 heteroatoms. The van der Waals surface area contributed by atoms with Gasteiger partial charge in [0.2, 0.25) is 0 Å². The fourth-order valence-corrected chi connectivity index (χ4v) is 4.47. The molecular weight excluding hydrogens is 443 g/mol. The second-order valence-corrected chi connectivity index (χ2v) is 10.1. The molecule has 2 fully saturated rings. The summed E-state index contributed by atoms with van der Waals surface area (Å²) < 4.78 is 23.8. The van der Waals surface area contributed by atoms with Crippen LogP contribution in [0, 0.1) is 0 Å². The summed E-state index contributed by atoms with van der Waals surface area (Å²) in [6.07, 6.45) is 1.74. The number of carbonyl (C=O) groups excluding carboxylic acids is 1. The van der Waals surface area contributed by atoms with Gasteiger partial charge in [0.15, 0.2) is 23.2 Å². The molecular formula is C18H27N6O7P. The first-order valence-electron chi connectivity index (χ1n) is 10.5. The lowest BCUT2D eigenvalue weighted by molar-refractivity contribution is -0.0484.